The molecule has 0 saturated carbocycles. The third kappa shape index (κ3) is 2.70. The van der Waals surface area contributed by atoms with Crippen molar-refractivity contribution in [1.29, 1.82) is 0 Å². The van der Waals surface area contributed by atoms with Crippen molar-refractivity contribution in [2.75, 3.05) is 11.1 Å². The van der Waals surface area contributed by atoms with Crippen LogP contribution < -0.4 is 11.1 Å². The molecule has 0 amide bonds. The number of rotatable bonds is 2. The van der Waals surface area contributed by atoms with Gasteiger partial charge < -0.3 is 11.1 Å². The van der Waals surface area contributed by atoms with Crippen molar-refractivity contribution in [3.63, 3.8) is 0 Å². The zero-order chi connectivity index (χ0) is 11.5. The first-order valence-electron chi connectivity index (χ1n) is 4.45. The van der Waals surface area contributed by atoms with E-state index in [1.54, 1.807) is 12.4 Å². The van der Waals surface area contributed by atoms with Crippen molar-refractivity contribution in [3.05, 3.63) is 39.5 Å². The largest absolute Gasteiger partial charge is 0.396 e. The molecule has 2 aromatic rings. The van der Waals surface area contributed by atoms with E-state index in [1.165, 1.54) is 0 Å². The molecule has 0 aliphatic heterocycles. The van der Waals surface area contributed by atoms with E-state index in [0.29, 0.717) is 11.6 Å². The minimum Gasteiger partial charge on any atom is -0.396 e. The summed E-state index contributed by atoms with van der Waals surface area (Å²) >= 11 is 6.84. The standard InChI is InChI=1S/C10H8Br2N4/c11-6-1-2-8(12)9(3-6)16-10-14-4-7(13)5-15-10/h1-5H,13H2,(H,14,15,16). The molecule has 1 heterocycles. The first-order chi connectivity index (χ1) is 7.65. The maximum atomic E-state index is 5.50. The lowest BCUT2D eigenvalue weighted by Gasteiger charge is -2.07. The monoisotopic (exact) mass is 342 g/mol. The van der Waals surface area contributed by atoms with Crippen LogP contribution in [0, 0.1) is 0 Å². The number of hydrogen-bond donors (Lipinski definition) is 2. The van der Waals surface area contributed by atoms with E-state index in [1.807, 2.05) is 18.2 Å². The molecule has 1 aromatic carbocycles. The zero-order valence-electron chi connectivity index (χ0n) is 8.11. The predicted molar refractivity (Wildman–Crippen MR) is 71.6 cm³/mol. The quantitative estimate of drug-likeness (QED) is 0.877. The van der Waals surface area contributed by atoms with E-state index >= 15 is 0 Å². The van der Waals surface area contributed by atoms with Gasteiger partial charge in [0.05, 0.1) is 23.8 Å². The van der Waals surface area contributed by atoms with Crippen molar-refractivity contribution in [2.45, 2.75) is 0 Å². The molecule has 82 valence electrons. The molecule has 6 heteroatoms. The fraction of sp³-hybridized carbons (Fsp3) is 0. The number of nitrogen functional groups attached to an aromatic ring is 1. The van der Waals surface area contributed by atoms with Crippen LogP contribution in [0.1, 0.15) is 0 Å². The van der Waals surface area contributed by atoms with E-state index in [9.17, 15) is 0 Å². The van der Waals surface area contributed by atoms with Gasteiger partial charge in [0.25, 0.3) is 0 Å². The summed E-state index contributed by atoms with van der Waals surface area (Å²) in [5.74, 6) is 0.507. The third-order valence-corrected chi connectivity index (χ3v) is 3.03. The normalized spacial score (nSPS) is 10.1. The van der Waals surface area contributed by atoms with Gasteiger partial charge in [-0.3, -0.25) is 0 Å². The molecule has 0 unspecified atom stereocenters. The molecule has 4 nitrogen and oxygen atoms in total. The lowest BCUT2D eigenvalue weighted by atomic mass is 10.3. The van der Waals surface area contributed by atoms with Gasteiger partial charge in [-0.1, -0.05) is 15.9 Å². The average Bonchev–Trinajstić information content (AvgIpc) is 2.27. The van der Waals surface area contributed by atoms with E-state index in [0.717, 1.165) is 14.6 Å². The summed E-state index contributed by atoms with van der Waals surface area (Å²) in [5, 5.41) is 3.09. The topological polar surface area (TPSA) is 63.8 Å². The molecule has 0 atom stereocenters. The Morgan fingerprint density at radius 1 is 1.12 bits per heavy atom. The summed E-state index contributed by atoms with van der Waals surface area (Å²) in [6.07, 6.45) is 3.11. The Hall–Kier alpha value is -1.14. The molecular formula is C10H8Br2N4. The fourth-order valence-electron chi connectivity index (χ4n) is 1.12. The van der Waals surface area contributed by atoms with Crippen LogP contribution >= 0.6 is 31.9 Å². The lowest BCUT2D eigenvalue weighted by molar-refractivity contribution is 1.17. The van der Waals surface area contributed by atoms with Crippen LogP contribution in [-0.4, -0.2) is 9.97 Å². The summed E-state index contributed by atoms with van der Waals surface area (Å²) in [6, 6.07) is 5.81. The Morgan fingerprint density at radius 3 is 2.50 bits per heavy atom. The Morgan fingerprint density at radius 2 is 1.81 bits per heavy atom. The average molecular weight is 344 g/mol. The number of benzene rings is 1. The van der Waals surface area contributed by atoms with Gasteiger partial charge in [0.2, 0.25) is 5.95 Å². The van der Waals surface area contributed by atoms with E-state index in [4.69, 9.17) is 5.73 Å². The second kappa shape index (κ2) is 4.80. The van der Waals surface area contributed by atoms with Gasteiger partial charge >= 0.3 is 0 Å². The number of nitrogens with one attached hydrogen (secondary N) is 1. The Bertz CT molecular complexity index is 499. The molecule has 0 aliphatic rings. The van der Waals surface area contributed by atoms with Crippen LogP contribution in [0.2, 0.25) is 0 Å². The number of halogens is 2. The molecule has 16 heavy (non-hydrogen) atoms. The molecular weight excluding hydrogens is 336 g/mol. The molecule has 1 aromatic heterocycles. The van der Waals surface area contributed by atoms with E-state index in [-0.39, 0.29) is 0 Å². The Kier molecular flexibility index (Phi) is 3.40. The number of aromatic nitrogens is 2. The number of nitrogens with zero attached hydrogens (tertiary/aromatic N) is 2. The summed E-state index contributed by atoms with van der Waals surface area (Å²) in [4.78, 5) is 8.12. The first-order valence-corrected chi connectivity index (χ1v) is 6.03. The van der Waals surface area contributed by atoms with E-state index < -0.39 is 0 Å². The highest BCUT2D eigenvalue weighted by Crippen LogP contribution is 2.27. The molecule has 0 radical (unpaired) electrons. The van der Waals surface area contributed by atoms with Gasteiger partial charge in [0.1, 0.15) is 0 Å². The maximum absolute atomic E-state index is 5.50. The molecule has 0 fully saturated rings. The van der Waals surface area contributed by atoms with Crippen molar-refractivity contribution in [3.8, 4) is 0 Å². The molecule has 0 aliphatic carbocycles. The van der Waals surface area contributed by atoms with Gasteiger partial charge in [-0.05, 0) is 34.1 Å². The predicted octanol–water partition coefficient (Wildman–Crippen LogP) is 3.33. The Balaban J connectivity index is 2.26. The summed E-state index contributed by atoms with van der Waals surface area (Å²) in [6.45, 7) is 0. The SMILES string of the molecule is Nc1cnc(Nc2cc(Br)ccc2Br)nc1. The molecule has 0 bridgehead atoms. The van der Waals surface area contributed by atoms with Gasteiger partial charge in [0.15, 0.2) is 0 Å². The van der Waals surface area contributed by atoms with Crippen molar-refractivity contribution in [2.24, 2.45) is 0 Å². The number of hydrogen-bond acceptors (Lipinski definition) is 4. The summed E-state index contributed by atoms with van der Waals surface area (Å²) in [7, 11) is 0. The van der Waals surface area contributed by atoms with E-state index in [2.05, 4.69) is 47.1 Å². The Labute approximate surface area is 110 Å². The van der Waals surface area contributed by atoms with Crippen molar-refractivity contribution >= 4 is 49.2 Å². The minimum absolute atomic E-state index is 0.507. The van der Waals surface area contributed by atoms with Gasteiger partial charge in [0, 0.05) is 8.95 Å². The van der Waals surface area contributed by atoms with Crippen LogP contribution in [-0.2, 0) is 0 Å². The van der Waals surface area contributed by atoms with Crippen LogP contribution in [0.5, 0.6) is 0 Å². The third-order valence-electron chi connectivity index (χ3n) is 1.85. The number of anilines is 3. The second-order valence-corrected chi connectivity index (χ2v) is 4.86. The lowest BCUT2D eigenvalue weighted by Crippen LogP contribution is -1.98. The fourth-order valence-corrected chi connectivity index (χ4v) is 1.82. The van der Waals surface area contributed by atoms with Gasteiger partial charge in [-0.25, -0.2) is 9.97 Å². The minimum atomic E-state index is 0.507. The van der Waals surface area contributed by atoms with Crippen LogP contribution in [0.3, 0.4) is 0 Å². The molecule has 2 rings (SSSR count). The van der Waals surface area contributed by atoms with Crippen molar-refractivity contribution < 1.29 is 0 Å². The number of nitrogens with two attached hydrogens (primary N) is 1. The maximum Gasteiger partial charge on any atom is 0.227 e. The van der Waals surface area contributed by atoms with Crippen LogP contribution in [0.4, 0.5) is 17.3 Å². The highest BCUT2D eigenvalue weighted by Gasteiger charge is 2.02. The molecule has 3 N–H and O–H groups in total. The highest BCUT2D eigenvalue weighted by molar-refractivity contribution is 9.11. The van der Waals surface area contributed by atoms with Gasteiger partial charge in [-0.15, -0.1) is 0 Å². The first kappa shape index (κ1) is 11.3. The van der Waals surface area contributed by atoms with Crippen LogP contribution in [0.15, 0.2) is 39.5 Å². The van der Waals surface area contributed by atoms with Crippen molar-refractivity contribution in [1.82, 2.24) is 9.97 Å². The highest BCUT2D eigenvalue weighted by atomic mass is 79.9. The summed E-state index contributed by atoms with van der Waals surface area (Å²) < 4.78 is 1.92. The molecule has 0 spiro atoms. The van der Waals surface area contributed by atoms with Gasteiger partial charge in [-0.2, -0.15) is 0 Å². The smallest absolute Gasteiger partial charge is 0.227 e. The summed E-state index contributed by atoms with van der Waals surface area (Å²) in [5.41, 5.74) is 6.93. The van der Waals surface area contributed by atoms with Crippen LogP contribution in [0.25, 0.3) is 0 Å². The zero-order valence-corrected chi connectivity index (χ0v) is 11.3. The second-order valence-electron chi connectivity index (χ2n) is 3.09. The molecule has 0 saturated heterocycles.